The summed E-state index contributed by atoms with van der Waals surface area (Å²) in [5.74, 6) is -1.51. The van der Waals surface area contributed by atoms with Crippen LogP contribution in [0.1, 0.15) is 25.6 Å². The molecule has 3 N–H and O–H groups in total. The number of nitrogens with two attached hydrogens (primary N) is 1. The molecule has 2 aromatic rings. The molecule has 1 aromatic carbocycles. The summed E-state index contributed by atoms with van der Waals surface area (Å²) >= 11 is 0.992. The zero-order chi connectivity index (χ0) is 21.0. The van der Waals surface area contributed by atoms with Gasteiger partial charge in [0, 0.05) is 31.9 Å². The number of benzene rings is 1. The molecule has 1 aliphatic heterocycles. The van der Waals surface area contributed by atoms with Crippen LogP contribution in [0, 0.1) is 6.92 Å². The fraction of sp³-hybridized carbons (Fsp3) is 0.350. The smallest absolute Gasteiger partial charge is 0.341 e. The summed E-state index contributed by atoms with van der Waals surface area (Å²) in [5, 5.41) is 3.04. The second-order valence-electron chi connectivity index (χ2n) is 6.76. The third kappa shape index (κ3) is 4.75. The van der Waals surface area contributed by atoms with Crippen molar-refractivity contribution in [3.63, 3.8) is 0 Å². The van der Waals surface area contributed by atoms with Crippen LogP contribution in [-0.2, 0) is 9.53 Å². The van der Waals surface area contributed by atoms with Crippen LogP contribution in [-0.4, -0.2) is 62.5 Å². The largest absolute Gasteiger partial charge is 0.465 e. The molecule has 2 amide bonds. The molecule has 9 heteroatoms. The molecule has 0 saturated carbocycles. The number of carbonyl (C=O) groups excluding carboxylic acids is 3. The molecule has 29 heavy (non-hydrogen) atoms. The van der Waals surface area contributed by atoms with Crippen molar-refractivity contribution in [2.24, 2.45) is 5.73 Å². The number of hydrogen-bond donors (Lipinski definition) is 2. The van der Waals surface area contributed by atoms with Gasteiger partial charge in [-0.2, -0.15) is 0 Å². The van der Waals surface area contributed by atoms with Gasteiger partial charge in [0.2, 0.25) is 5.91 Å². The van der Waals surface area contributed by atoms with Gasteiger partial charge < -0.3 is 20.7 Å². The maximum Gasteiger partial charge on any atom is 0.341 e. The van der Waals surface area contributed by atoms with Gasteiger partial charge in [0.25, 0.3) is 5.91 Å². The number of ether oxygens (including phenoxy) is 1. The Balaban J connectivity index is 1.62. The lowest BCUT2D eigenvalue weighted by Crippen LogP contribution is -2.48. The number of para-hydroxylation sites is 1. The lowest BCUT2D eigenvalue weighted by Gasteiger charge is -2.35. The molecule has 8 nitrogen and oxygen atoms in total. The summed E-state index contributed by atoms with van der Waals surface area (Å²) in [7, 11) is 1.25. The average molecular weight is 417 g/mol. The first-order valence-electron chi connectivity index (χ1n) is 9.24. The molecular weight excluding hydrogens is 392 g/mol. The number of thiophene rings is 1. The second kappa shape index (κ2) is 9.06. The van der Waals surface area contributed by atoms with Gasteiger partial charge >= 0.3 is 5.97 Å². The summed E-state index contributed by atoms with van der Waals surface area (Å²) in [6.07, 6.45) is 0. The van der Waals surface area contributed by atoms with Crippen LogP contribution in [0.3, 0.4) is 0 Å². The van der Waals surface area contributed by atoms with E-state index in [0.717, 1.165) is 37.5 Å². The summed E-state index contributed by atoms with van der Waals surface area (Å²) in [4.78, 5) is 40.8. The minimum atomic E-state index is -0.643. The third-order valence-electron chi connectivity index (χ3n) is 4.87. The molecule has 0 atom stereocenters. The Morgan fingerprint density at radius 1 is 1.14 bits per heavy atom. The summed E-state index contributed by atoms with van der Waals surface area (Å²) < 4.78 is 4.78. The molecule has 1 aliphatic rings. The first-order valence-corrected chi connectivity index (χ1v) is 10.1. The van der Waals surface area contributed by atoms with Gasteiger partial charge in [-0.25, -0.2) is 4.79 Å². The predicted molar refractivity (Wildman–Crippen MR) is 113 cm³/mol. The highest BCUT2D eigenvalue weighted by molar-refractivity contribution is 7.18. The van der Waals surface area contributed by atoms with Crippen LogP contribution >= 0.6 is 11.3 Å². The number of anilines is 2. The van der Waals surface area contributed by atoms with Crippen LogP contribution in [0.25, 0.3) is 0 Å². The van der Waals surface area contributed by atoms with E-state index in [9.17, 15) is 14.4 Å². The number of piperazine rings is 1. The monoisotopic (exact) mass is 416 g/mol. The first-order chi connectivity index (χ1) is 13.9. The van der Waals surface area contributed by atoms with Gasteiger partial charge in [0.05, 0.1) is 24.1 Å². The van der Waals surface area contributed by atoms with E-state index in [-0.39, 0.29) is 27.9 Å². The minimum absolute atomic E-state index is 0.175. The number of esters is 1. The highest BCUT2D eigenvalue weighted by atomic mass is 32.1. The van der Waals surface area contributed by atoms with Crippen molar-refractivity contribution in [1.82, 2.24) is 4.90 Å². The van der Waals surface area contributed by atoms with Crippen LogP contribution in [0.4, 0.5) is 10.7 Å². The van der Waals surface area contributed by atoms with E-state index in [0.29, 0.717) is 5.56 Å². The zero-order valence-corrected chi connectivity index (χ0v) is 17.3. The number of nitrogens with one attached hydrogen (secondary N) is 1. The molecule has 0 aliphatic carbocycles. The van der Waals surface area contributed by atoms with E-state index < -0.39 is 11.9 Å². The summed E-state index contributed by atoms with van der Waals surface area (Å²) in [6.45, 7) is 4.97. The SMILES string of the molecule is COC(=O)c1c(NC(=O)CN2CCN(c3ccccc3)CC2)sc(C(N)=O)c1C. The Hall–Kier alpha value is -2.91. The molecule has 2 heterocycles. The van der Waals surface area contributed by atoms with E-state index >= 15 is 0 Å². The molecule has 1 aromatic heterocycles. The molecule has 0 unspecified atom stereocenters. The zero-order valence-electron chi connectivity index (χ0n) is 16.4. The molecule has 1 saturated heterocycles. The second-order valence-corrected chi connectivity index (χ2v) is 7.78. The Morgan fingerprint density at radius 3 is 2.38 bits per heavy atom. The maximum absolute atomic E-state index is 12.6. The van der Waals surface area contributed by atoms with Crippen LogP contribution in [0.15, 0.2) is 30.3 Å². The number of carbonyl (C=O) groups is 3. The van der Waals surface area contributed by atoms with E-state index in [1.165, 1.54) is 12.8 Å². The van der Waals surface area contributed by atoms with E-state index in [1.54, 1.807) is 6.92 Å². The molecule has 1 fully saturated rings. The fourth-order valence-electron chi connectivity index (χ4n) is 3.36. The Labute approximate surface area is 173 Å². The first kappa shape index (κ1) is 20.8. The average Bonchev–Trinajstić information content (AvgIpc) is 3.04. The fourth-order valence-corrected chi connectivity index (χ4v) is 4.42. The number of methoxy groups -OCH3 is 1. The number of amides is 2. The Bertz CT molecular complexity index is 905. The van der Waals surface area contributed by atoms with Crippen molar-refractivity contribution in [2.75, 3.05) is 50.1 Å². The Morgan fingerprint density at radius 2 is 1.79 bits per heavy atom. The summed E-state index contributed by atoms with van der Waals surface area (Å²) in [6, 6.07) is 10.2. The van der Waals surface area contributed by atoms with Gasteiger partial charge in [0.1, 0.15) is 5.00 Å². The number of nitrogens with zero attached hydrogens (tertiary/aromatic N) is 2. The number of rotatable bonds is 6. The standard InChI is InChI=1S/C20H24N4O4S/c1-13-16(20(27)28-2)19(29-17(13)18(21)26)22-15(25)12-23-8-10-24(11-9-23)14-6-4-3-5-7-14/h3-7H,8-12H2,1-2H3,(H2,21,26)(H,22,25). The van der Waals surface area contributed by atoms with Crippen LogP contribution in [0.5, 0.6) is 0 Å². The normalized spacial score (nSPS) is 14.5. The van der Waals surface area contributed by atoms with Crippen molar-refractivity contribution in [2.45, 2.75) is 6.92 Å². The predicted octanol–water partition coefficient (Wildman–Crippen LogP) is 1.70. The van der Waals surface area contributed by atoms with Gasteiger partial charge in [-0.15, -0.1) is 11.3 Å². The van der Waals surface area contributed by atoms with E-state index in [2.05, 4.69) is 27.2 Å². The summed E-state index contributed by atoms with van der Waals surface area (Å²) in [5.41, 5.74) is 7.14. The molecular formula is C20H24N4O4S. The Kier molecular flexibility index (Phi) is 6.50. The quantitative estimate of drug-likeness (QED) is 0.695. The van der Waals surface area contributed by atoms with Crippen molar-refractivity contribution >= 4 is 39.8 Å². The van der Waals surface area contributed by atoms with Crippen molar-refractivity contribution in [3.05, 3.63) is 46.3 Å². The van der Waals surface area contributed by atoms with Gasteiger partial charge in [-0.05, 0) is 24.6 Å². The van der Waals surface area contributed by atoms with Gasteiger partial charge in [-0.1, -0.05) is 18.2 Å². The molecule has 3 rings (SSSR count). The number of primary amides is 1. The van der Waals surface area contributed by atoms with Crippen molar-refractivity contribution in [3.8, 4) is 0 Å². The number of hydrogen-bond acceptors (Lipinski definition) is 7. The van der Waals surface area contributed by atoms with Gasteiger partial charge in [0.15, 0.2) is 0 Å². The molecule has 0 radical (unpaired) electrons. The highest BCUT2D eigenvalue weighted by Gasteiger charge is 2.26. The molecule has 154 valence electrons. The highest BCUT2D eigenvalue weighted by Crippen LogP contribution is 2.33. The lowest BCUT2D eigenvalue weighted by atomic mass is 10.1. The lowest BCUT2D eigenvalue weighted by molar-refractivity contribution is -0.117. The van der Waals surface area contributed by atoms with Crippen molar-refractivity contribution in [1.29, 1.82) is 0 Å². The minimum Gasteiger partial charge on any atom is -0.465 e. The van der Waals surface area contributed by atoms with Gasteiger partial charge in [-0.3, -0.25) is 14.5 Å². The topological polar surface area (TPSA) is 105 Å². The van der Waals surface area contributed by atoms with Crippen LogP contribution < -0.4 is 16.0 Å². The maximum atomic E-state index is 12.6. The van der Waals surface area contributed by atoms with Crippen LogP contribution in [0.2, 0.25) is 0 Å². The van der Waals surface area contributed by atoms with Crippen molar-refractivity contribution < 1.29 is 19.1 Å². The molecule has 0 bridgehead atoms. The van der Waals surface area contributed by atoms with E-state index in [1.807, 2.05) is 18.2 Å². The third-order valence-corrected chi connectivity index (χ3v) is 6.10. The molecule has 0 spiro atoms. The van der Waals surface area contributed by atoms with E-state index in [4.69, 9.17) is 10.5 Å².